The van der Waals surface area contributed by atoms with E-state index in [0.717, 1.165) is 126 Å². The minimum Gasteiger partial charge on any atom is -0.490 e. The maximum Gasteiger partial charge on any atom is 0.355 e. The highest BCUT2D eigenvalue weighted by Crippen LogP contribution is 2.39. The van der Waals surface area contributed by atoms with Gasteiger partial charge in [0.2, 0.25) is 23.7 Å². The number of imidazole rings is 1. The van der Waals surface area contributed by atoms with E-state index in [4.69, 9.17) is 14.7 Å². The van der Waals surface area contributed by atoms with Crippen LogP contribution in [0.5, 0.6) is 5.75 Å². The van der Waals surface area contributed by atoms with E-state index in [1.54, 1.807) is 0 Å². The maximum absolute atomic E-state index is 13.7. The molecule has 3 fully saturated rings. The Balaban J connectivity index is 0.645. The average Bonchev–Trinajstić information content (AvgIpc) is 3.97. The van der Waals surface area contributed by atoms with Crippen LogP contribution in [0.25, 0.3) is 32.4 Å². The van der Waals surface area contributed by atoms with Gasteiger partial charge < -0.3 is 29.5 Å². The SMILES string of the molecule is Cc1c(OC2CCC(CCCCN3CCN(c4nc5ccc(C6CCC(=O)NC6=O)cc5n4C)CC3)CC2)cccc1-c1ccc(N2CCC3=C(C2)C(C(=O)Nc2nc4ccccc4s2)CC=C3)nc1C(=O)O. The lowest BCUT2D eigenvalue weighted by molar-refractivity contribution is -0.134. The Hall–Kier alpha value is -6.91. The number of aryl methyl sites for hydroxylation is 1. The lowest BCUT2D eigenvalue weighted by atomic mass is 9.83. The lowest BCUT2D eigenvalue weighted by Gasteiger charge is -2.35. The number of thiazole rings is 1. The van der Waals surface area contributed by atoms with E-state index < -0.39 is 5.97 Å². The number of benzene rings is 3. The van der Waals surface area contributed by atoms with Crippen LogP contribution < -0.4 is 25.2 Å². The molecule has 16 heteroatoms. The molecule has 6 aromatic rings. The van der Waals surface area contributed by atoms with Gasteiger partial charge in [-0.1, -0.05) is 66.7 Å². The molecular weight excluding hydrogens is 939 g/mol. The number of pyridine rings is 1. The number of unbranched alkanes of at least 4 members (excludes halogenated alkanes) is 1. The minimum atomic E-state index is -1.09. The zero-order valence-electron chi connectivity index (χ0n) is 41.6. The highest BCUT2D eigenvalue weighted by molar-refractivity contribution is 7.22. The molecule has 0 bridgehead atoms. The molecule has 2 unspecified atom stereocenters. The fourth-order valence-corrected chi connectivity index (χ4v) is 12.7. The Morgan fingerprint density at radius 2 is 1.68 bits per heavy atom. The number of allylic oxidation sites excluding steroid dienone is 2. The molecular formula is C57H63N9O6S. The van der Waals surface area contributed by atoms with Crippen LogP contribution in [0, 0.1) is 18.8 Å². The highest BCUT2D eigenvalue weighted by atomic mass is 32.1. The van der Waals surface area contributed by atoms with Crippen molar-refractivity contribution in [1.29, 1.82) is 0 Å². The van der Waals surface area contributed by atoms with Crippen molar-refractivity contribution in [3.8, 4) is 16.9 Å². The molecule has 3 aliphatic heterocycles. The summed E-state index contributed by atoms with van der Waals surface area (Å²) in [6, 6.07) is 23.6. The Bertz CT molecular complexity index is 3130. The van der Waals surface area contributed by atoms with Gasteiger partial charge >= 0.3 is 5.97 Å². The fraction of sp³-hybridized carbons (Fsp3) is 0.421. The quantitative estimate of drug-likeness (QED) is 0.0698. The number of carbonyl (C=O) groups is 4. The van der Waals surface area contributed by atoms with Crippen molar-refractivity contribution < 1.29 is 29.0 Å². The Kier molecular flexibility index (Phi) is 13.8. The number of anilines is 3. The van der Waals surface area contributed by atoms with E-state index in [2.05, 4.69) is 53.1 Å². The second-order valence-electron chi connectivity index (χ2n) is 20.5. The van der Waals surface area contributed by atoms with Crippen molar-refractivity contribution in [3.05, 3.63) is 113 Å². The van der Waals surface area contributed by atoms with E-state index in [1.165, 1.54) is 30.6 Å². The number of rotatable bonds is 14. The summed E-state index contributed by atoms with van der Waals surface area (Å²) in [5.74, 6) is 0.758. The lowest BCUT2D eigenvalue weighted by Crippen LogP contribution is -2.47. The summed E-state index contributed by atoms with van der Waals surface area (Å²) in [4.78, 5) is 72.3. The standard InChI is InChI=1S/C57H63N9O6S/c1-35-40(42-21-24-50(60-52(42)55(70)71)66-28-26-37-10-7-12-43(44(37)34-66)54(69)62-56-58-46-13-3-4-15-49(46)73-56)11-8-14-48(35)72-39-19-16-36(17-20-39)9-5-6-27-64-29-31-65(32-30-64)57-59-45-23-18-38(33-47(45)63(57)2)41-22-25-51(67)61-53(41)68/h3-4,7-8,10-11,13-15,18,21,23-24,33,36,39,41,43H,5-6,9,12,16-17,19-20,22,25-32,34H2,1-2H3,(H,70,71)(H,58,62,69)(H,61,67,68). The van der Waals surface area contributed by atoms with Gasteiger partial charge in [-0.2, -0.15) is 0 Å². The van der Waals surface area contributed by atoms with Crippen molar-refractivity contribution >= 4 is 73.2 Å². The number of hydrogen-bond acceptors (Lipinski definition) is 12. The number of nitrogens with zero attached hydrogens (tertiary/aromatic N) is 7. The van der Waals surface area contributed by atoms with E-state index in [9.17, 15) is 24.3 Å². The van der Waals surface area contributed by atoms with Gasteiger partial charge in [0, 0.05) is 58.3 Å². The summed E-state index contributed by atoms with van der Waals surface area (Å²) < 4.78 is 9.85. The van der Waals surface area contributed by atoms with Crippen molar-refractivity contribution in [2.24, 2.45) is 18.9 Å². The molecule has 11 rings (SSSR count). The molecule has 1 saturated carbocycles. The normalized spacial score (nSPS) is 21.7. The number of nitrogens with one attached hydrogen (secondary N) is 2. The third-order valence-electron chi connectivity index (χ3n) is 16.0. The largest absolute Gasteiger partial charge is 0.490 e. The Morgan fingerprint density at radius 3 is 2.49 bits per heavy atom. The van der Waals surface area contributed by atoms with Crippen LogP contribution in [0.3, 0.4) is 0 Å². The first-order valence-electron chi connectivity index (χ1n) is 26.1. The molecule has 73 heavy (non-hydrogen) atoms. The van der Waals surface area contributed by atoms with Gasteiger partial charge in [0.1, 0.15) is 11.6 Å². The van der Waals surface area contributed by atoms with Gasteiger partial charge in [0.15, 0.2) is 10.8 Å². The molecule has 3 aromatic heterocycles. The number of carboxylic acid groups (broad SMARTS) is 1. The fourth-order valence-electron chi connectivity index (χ4n) is 11.8. The molecule has 15 nitrogen and oxygen atoms in total. The molecule has 6 heterocycles. The molecule has 3 aromatic carbocycles. The summed E-state index contributed by atoms with van der Waals surface area (Å²) in [7, 11) is 2.05. The molecule has 2 atom stereocenters. The number of fused-ring (bicyclic) bond motifs is 2. The molecule has 378 valence electrons. The maximum atomic E-state index is 13.7. The van der Waals surface area contributed by atoms with Gasteiger partial charge in [-0.25, -0.2) is 19.7 Å². The first-order chi connectivity index (χ1) is 35.5. The third kappa shape index (κ3) is 10.2. The number of imide groups is 1. The van der Waals surface area contributed by atoms with Crippen LogP contribution >= 0.6 is 11.3 Å². The Morgan fingerprint density at radius 1 is 0.849 bits per heavy atom. The number of para-hydroxylation sites is 1. The van der Waals surface area contributed by atoms with Gasteiger partial charge in [0.25, 0.3) is 0 Å². The summed E-state index contributed by atoms with van der Waals surface area (Å²) >= 11 is 1.47. The van der Waals surface area contributed by atoms with E-state index >= 15 is 0 Å². The molecule has 3 amide bonds. The van der Waals surface area contributed by atoms with Crippen LogP contribution in [0.4, 0.5) is 16.9 Å². The van der Waals surface area contributed by atoms with Gasteiger partial charge in [-0.05, 0) is 141 Å². The first kappa shape index (κ1) is 48.4. The zero-order chi connectivity index (χ0) is 50.2. The summed E-state index contributed by atoms with van der Waals surface area (Å²) in [6.45, 7) is 8.09. The van der Waals surface area contributed by atoms with E-state index in [1.807, 2.05) is 80.7 Å². The van der Waals surface area contributed by atoms with Crippen LogP contribution in [-0.2, 0) is 21.4 Å². The zero-order valence-corrected chi connectivity index (χ0v) is 42.5. The number of aromatic carboxylic acids is 1. The molecule has 0 spiro atoms. The summed E-state index contributed by atoms with van der Waals surface area (Å²) in [5, 5.41) is 16.7. The summed E-state index contributed by atoms with van der Waals surface area (Å²) in [5.41, 5.74) is 8.15. The number of aromatic nitrogens is 4. The van der Waals surface area contributed by atoms with Gasteiger partial charge in [-0.3, -0.25) is 24.6 Å². The number of hydrogen-bond donors (Lipinski definition) is 3. The topological polar surface area (TPSA) is 175 Å². The summed E-state index contributed by atoms with van der Waals surface area (Å²) in [6.07, 6.45) is 14.5. The number of carbonyl (C=O) groups excluding carboxylic acids is 3. The minimum absolute atomic E-state index is 0.00294. The number of piperidine rings is 1. The predicted molar refractivity (Wildman–Crippen MR) is 285 cm³/mol. The molecule has 0 radical (unpaired) electrons. The monoisotopic (exact) mass is 1000 g/mol. The predicted octanol–water partition coefficient (Wildman–Crippen LogP) is 9.42. The van der Waals surface area contributed by atoms with Crippen LogP contribution in [0.15, 0.2) is 96.1 Å². The van der Waals surface area contributed by atoms with Gasteiger partial charge in [-0.15, -0.1) is 0 Å². The van der Waals surface area contributed by atoms with Crippen LogP contribution in [0.2, 0.25) is 0 Å². The molecule has 2 aliphatic carbocycles. The molecule has 3 N–H and O–H groups in total. The number of piperazine rings is 1. The van der Waals surface area contributed by atoms with E-state index in [-0.39, 0.29) is 41.4 Å². The molecule has 5 aliphatic rings. The second-order valence-corrected chi connectivity index (χ2v) is 21.5. The molecule has 2 saturated heterocycles. The van der Waals surface area contributed by atoms with E-state index in [0.29, 0.717) is 54.8 Å². The third-order valence-corrected chi connectivity index (χ3v) is 16.9. The number of amides is 3. The highest BCUT2D eigenvalue weighted by Gasteiger charge is 2.33. The van der Waals surface area contributed by atoms with Crippen LogP contribution in [0.1, 0.15) is 98.2 Å². The second kappa shape index (κ2) is 20.9. The number of ether oxygens (including phenoxy) is 1. The Labute approximate surface area is 429 Å². The van der Waals surface area contributed by atoms with Crippen molar-refractivity contribution in [2.45, 2.75) is 89.6 Å². The van der Waals surface area contributed by atoms with Crippen molar-refractivity contribution in [1.82, 2.24) is 29.7 Å². The van der Waals surface area contributed by atoms with Crippen LogP contribution in [-0.4, -0.2) is 105 Å². The average molecular weight is 1000 g/mol. The first-order valence-corrected chi connectivity index (χ1v) is 26.9. The smallest absolute Gasteiger partial charge is 0.355 e. The van der Waals surface area contributed by atoms with Gasteiger partial charge in [0.05, 0.1) is 39.2 Å². The van der Waals surface area contributed by atoms with Crippen molar-refractivity contribution in [3.63, 3.8) is 0 Å². The van der Waals surface area contributed by atoms with Crippen molar-refractivity contribution in [2.75, 3.05) is 60.9 Å². The number of carboxylic acids is 1.